The van der Waals surface area contributed by atoms with Gasteiger partial charge in [-0.15, -0.1) is 0 Å². The Kier molecular flexibility index (Phi) is 4.96. The molecule has 142 valence electrons. The molecule has 26 heavy (non-hydrogen) atoms. The van der Waals surface area contributed by atoms with Crippen LogP contribution in [0.2, 0.25) is 0 Å². The minimum atomic E-state index is -0.215. The van der Waals surface area contributed by atoms with Crippen molar-refractivity contribution in [3.05, 3.63) is 29.8 Å². The van der Waals surface area contributed by atoms with E-state index in [1.807, 2.05) is 6.07 Å². The van der Waals surface area contributed by atoms with Crippen LogP contribution in [-0.4, -0.2) is 48.0 Å². The topological polar surface area (TPSA) is 32.8 Å². The van der Waals surface area contributed by atoms with Gasteiger partial charge in [0.2, 0.25) is 5.91 Å². The molecule has 4 rings (SSSR count). The maximum Gasteiger partial charge on any atom is 0.226 e. The van der Waals surface area contributed by atoms with Crippen LogP contribution in [0.5, 0.6) is 5.75 Å². The van der Waals surface area contributed by atoms with Gasteiger partial charge in [-0.3, -0.25) is 4.79 Å². The molecule has 0 N–H and O–H groups in total. The summed E-state index contributed by atoms with van der Waals surface area (Å²) in [4.78, 5) is 17.7. The first kappa shape index (κ1) is 17.8. The quantitative estimate of drug-likeness (QED) is 0.807. The molecule has 4 nitrogen and oxygen atoms in total. The maximum atomic E-state index is 13.2. The Morgan fingerprint density at radius 2 is 1.81 bits per heavy atom. The van der Waals surface area contributed by atoms with E-state index in [1.54, 1.807) is 0 Å². The molecule has 0 bridgehead atoms. The van der Waals surface area contributed by atoms with E-state index >= 15 is 0 Å². The van der Waals surface area contributed by atoms with Gasteiger partial charge in [0.25, 0.3) is 0 Å². The van der Waals surface area contributed by atoms with Crippen LogP contribution in [0.25, 0.3) is 0 Å². The third kappa shape index (κ3) is 3.48. The molecule has 2 aliphatic carbocycles. The Bertz CT molecular complexity index is 643. The van der Waals surface area contributed by atoms with E-state index in [0.717, 1.165) is 56.4 Å². The molecule has 0 atom stereocenters. The fourth-order valence-corrected chi connectivity index (χ4v) is 5.10. The lowest BCUT2D eigenvalue weighted by Gasteiger charge is -2.43. The van der Waals surface area contributed by atoms with Crippen LogP contribution in [0.15, 0.2) is 24.3 Å². The molecule has 1 aliphatic heterocycles. The number of hydrogen-bond acceptors (Lipinski definition) is 3. The number of benzene rings is 1. The first-order chi connectivity index (χ1) is 12.6. The van der Waals surface area contributed by atoms with Crippen molar-refractivity contribution in [2.45, 2.75) is 69.6 Å². The van der Waals surface area contributed by atoms with E-state index in [1.165, 1.54) is 12.8 Å². The molecule has 0 radical (unpaired) electrons. The molecule has 4 heteroatoms. The third-order valence-electron chi connectivity index (χ3n) is 6.75. The summed E-state index contributed by atoms with van der Waals surface area (Å²) in [5.41, 5.74) is 0.943. The van der Waals surface area contributed by atoms with E-state index in [9.17, 15) is 4.79 Å². The molecule has 0 aromatic heterocycles. The lowest BCUT2D eigenvalue weighted by Crippen LogP contribution is -2.52. The smallest absolute Gasteiger partial charge is 0.226 e. The summed E-state index contributed by atoms with van der Waals surface area (Å²) in [6.45, 7) is 1.45. The first-order valence-corrected chi connectivity index (χ1v) is 10.3. The number of rotatable bonds is 2. The second-order valence-corrected chi connectivity index (χ2v) is 8.76. The van der Waals surface area contributed by atoms with E-state index in [0.29, 0.717) is 18.5 Å². The van der Waals surface area contributed by atoms with E-state index in [2.05, 4.69) is 42.1 Å². The summed E-state index contributed by atoms with van der Waals surface area (Å²) >= 11 is 0. The van der Waals surface area contributed by atoms with Crippen molar-refractivity contribution < 1.29 is 9.53 Å². The summed E-state index contributed by atoms with van der Waals surface area (Å²) in [6, 6.07) is 8.93. The van der Waals surface area contributed by atoms with Crippen LogP contribution in [0.4, 0.5) is 0 Å². The Hall–Kier alpha value is -1.55. The minimum absolute atomic E-state index is 0.215. The monoisotopic (exact) mass is 356 g/mol. The van der Waals surface area contributed by atoms with E-state index in [-0.39, 0.29) is 11.5 Å². The second kappa shape index (κ2) is 7.22. The summed E-state index contributed by atoms with van der Waals surface area (Å²) < 4.78 is 6.64. The lowest BCUT2D eigenvalue weighted by atomic mass is 9.81. The van der Waals surface area contributed by atoms with Gasteiger partial charge < -0.3 is 14.5 Å². The van der Waals surface area contributed by atoms with Crippen molar-refractivity contribution >= 4 is 5.91 Å². The number of nitrogens with zero attached hydrogens (tertiary/aromatic N) is 2. The average Bonchev–Trinajstić information content (AvgIpc) is 3.12. The van der Waals surface area contributed by atoms with Gasteiger partial charge in [-0.1, -0.05) is 31.0 Å². The van der Waals surface area contributed by atoms with Crippen molar-refractivity contribution in [1.82, 2.24) is 9.80 Å². The van der Waals surface area contributed by atoms with Crippen LogP contribution in [0.3, 0.4) is 0 Å². The molecule has 0 unspecified atom stereocenters. The predicted molar refractivity (Wildman–Crippen MR) is 103 cm³/mol. The SMILES string of the molecule is CN(C)C1CCC2(CC1)CN(C(=O)C1CCCC1)Cc1ccccc1O2. The molecule has 0 saturated heterocycles. The normalized spacial score (nSPS) is 29.5. The molecule has 1 spiro atoms. The molecule has 2 fully saturated rings. The molecule has 3 aliphatic rings. The number of amides is 1. The average molecular weight is 357 g/mol. The number of para-hydroxylation sites is 1. The molecule has 1 heterocycles. The molecule has 2 saturated carbocycles. The van der Waals surface area contributed by atoms with Crippen molar-refractivity contribution in [3.8, 4) is 5.75 Å². The first-order valence-electron chi connectivity index (χ1n) is 10.3. The highest BCUT2D eigenvalue weighted by Crippen LogP contribution is 2.40. The van der Waals surface area contributed by atoms with Crippen molar-refractivity contribution in [2.24, 2.45) is 5.92 Å². The van der Waals surface area contributed by atoms with Crippen LogP contribution >= 0.6 is 0 Å². The van der Waals surface area contributed by atoms with Crippen molar-refractivity contribution in [3.63, 3.8) is 0 Å². The fourth-order valence-electron chi connectivity index (χ4n) is 5.10. The maximum absolute atomic E-state index is 13.2. The van der Waals surface area contributed by atoms with Crippen molar-refractivity contribution in [2.75, 3.05) is 20.6 Å². The third-order valence-corrected chi connectivity index (χ3v) is 6.75. The lowest BCUT2D eigenvalue weighted by molar-refractivity contribution is -0.139. The zero-order valence-corrected chi connectivity index (χ0v) is 16.2. The highest BCUT2D eigenvalue weighted by molar-refractivity contribution is 5.79. The van der Waals surface area contributed by atoms with Crippen LogP contribution in [0.1, 0.15) is 56.9 Å². The Morgan fingerprint density at radius 3 is 2.50 bits per heavy atom. The number of hydrogen-bond donors (Lipinski definition) is 0. The van der Waals surface area contributed by atoms with Crippen LogP contribution in [-0.2, 0) is 11.3 Å². The molecule has 1 amide bonds. The Labute approximate surface area is 157 Å². The van der Waals surface area contributed by atoms with Gasteiger partial charge >= 0.3 is 0 Å². The van der Waals surface area contributed by atoms with Gasteiger partial charge in [-0.25, -0.2) is 0 Å². The van der Waals surface area contributed by atoms with Gasteiger partial charge in [0.1, 0.15) is 11.4 Å². The number of carbonyl (C=O) groups excluding carboxylic acids is 1. The number of ether oxygens (including phenoxy) is 1. The minimum Gasteiger partial charge on any atom is -0.485 e. The Morgan fingerprint density at radius 1 is 1.12 bits per heavy atom. The van der Waals surface area contributed by atoms with Gasteiger partial charge in [0, 0.05) is 24.1 Å². The standard InChI is InChI=1S/C22H32N2O2/c1-23(2)19-11-13-22(14-12-19)16-24(21(25)17-7-3-4-8-17)15-18-9-5-6-10-20(18)26-22/h5-6,9-10,17,19H,3-4,7-8,11-16H2,1-2H3. The molecular formula is C22H32N2O2. The number of fused-ring (bicyclic) bond motifs is 1. The molecular weight excluding hydrogens is 324 g/mol. The second-order valence-electron chi connectivity index (χ2n) is 8.76. The fraction of sp³-hybridized carbons (Fsp3) is 0.682. The summed E-state index contributed by atoms with van der Waals surface area (Å²) in [5.74, 6) is 1.57. The van der Waals surface area contributed by atoms with Gasteiger partial charge in [0.05, 0.1) is 6.54 Å². The molecule has 1 aromatic carbocycles. The van der Waals surface area contributed by atoms with Gasteiger partial charge in [0.15, 0.2) is 0 Å². The zero-order chi connectivity index (χ0) is 18.1. The summed E-state index contributed by atoms with van der Waals surface area (Å²) in [5, 5.41) is 0. The zero-order valence-electron chi connectivity index (χ0n) is 16.2. The summed E-state index contributed by atoms with van der Waals surface area (Å²) in [6.07, 6.45) is 8.86. The van der Waals surface area contributed by atoms with Crippen LogP contribution < -0.4 is 4.74 Å². The molecule has 1 aromatic rings. The van der Waals surface area contributed by atoms with Crippen LogP contribution in [0, 0.1) is 5.92 Å². The van der Waals surface area contributed by atoms with E-state index < -0.39 is 0 Å². The van der Waals surface area contributed by atoms with E-state index in [4.69, 9.17) is 4.74 Å². The van der Waals surface area contributed by atoms with Gasteiger partial charge in [-0.05, 0) is 58.7 Å². The highest BCUT2D eigenvalue weighted by Gasteiger charge is 2.43. The largest absolute Gasteiger partial charge is 0.485 e. The summed E-state index contributed by atoms with van der Waals surface area (Å²) in [7, 11) is 4.34. The van der Waals surface area contributed by atoms with Crippen molar-refractivity contribution in [1.29, 1.82) is 0 Å². The van der Waals surface area contributed by atoms with Gasteiger partial charge in [-0.2, -0.15) is 0 Å². The highest BCUT2D eigenvalue weighted by atomic mass is 16.5. The number of carbonyl (C=O) groups is 1. The Balaban J connectivity index is 1.59. The predicted octanol–water partition coefficient (Wildman–Crippen LogP) is 3.84.